The molecule has 2 aromatic carbocycles. The number of ether oxygens (including phenoxy) is 2. The number of fused-ring (bicyclic) bond motifs is 2. The molecule has 13 nitrogen and oxygen atoms in total. The molecule has 2 aliphatic carbocycles. The van der Waals surface area contributed by atoms with Crippen LogP contribution in [-0.4, -0.2) is 91.6 Å². The number of rotatable bonds is 11. The average molecular weight is 1440 g/mol. The summed E-state index contributed by atoms with van der Waals surface area (Å²) in [6.45, 7) is 2.62. The van der Waals surface area contributed by atoms with Crippen molar-refractivity contribution in [3.05, 3.63) is 140 Å². The van der Waals surface area contributed by atoms with E-state index in [1.807, 2.05) is 19.1 Å². The van der Waals surface area contributed by atoms with Crippen LogP contribution >= 0.6 is 71.3 Å². The molecular weight excluding hydrogens is 1390 g/mol. The van der Waals surface area contributed by atoms with Gasteiger partial charge in [0.25, 0.3) is 6.47 Å². The molecule has 4 aliphatic rings. The Balaban J connectivity index is 0.000000584. The first-order valence-electron chi connectivity index (χ1n) is 23.9. The van der Waals surface area contributed by atoms with Crippen LogP contribution in [0.5, 0.6) is 17.2 Å². The SMILES string of the molecule is C#Cc1ccc(F)c([C@@]2(CF)N=C(N)S[C@@]3(CF)C[C@H]32)c1.CC#CCBr.CC#CCOc1ccc(Br)nc1.CC#CCOc1ccc(C#Cc2ccc(F)c([C@@]3(CF)N=C(N)S[C@@]4(CF)C[C@H]43)c2)nc1.O=CO[O-].Oc1ccc(Br)nc1.[H-].[K+].[K+]. The summed E-state index contributed by atoms with van der Waals surface area (Å²) in [6, 6.07) is 18.6. The van der Waals surface area contributed by atoms with Crippen LogP contribution in [0.1, 0.15) is 63.0 Å². The molecule has 0 radical (unpaired) electrons. The van der Waals surface area contributed by atoms with Crippen LogP contribution < -0.4 is 129 Å². The predicted molar refractivity (Wildman–Crippen MR) is 317 cm³/mol. The molecular formula is C58H52Br3F6K2N7O6S2. The Bertz CT molecular complexity index is 3330. The Morgan fingerprint density at radius 1 is 0.702 bits per heavy atom. The number of thioether (sulfide) groups is 2. The van der Waals surface area contributed by atoms with Crippen LogP contribution in [-0.2, 0) is 20.8 Å². The molecule has 0 saturated heterocycles. The monoisotopic (exact) mass is 1440 g/mol. The largest absolute Gasteiger partial charge is 1.00 e. The third-order valence-electron chi connectivity index (χ3n) is 12.1. The third kappa shape index (κ3) is 21.9. The van der Waals surface area contributed by atoms with Crippen molar-refractivity contribution in [1.29, 1.82) is 0 Å². The summed E-state index contributed by atoms with van der Waals surface area (Å²) < 4.78 is 94.9. The van der Waals surface area contributed by atoms with E-state index in [-0.39, 0.29) is 144 Å². The van der Waals surface area contributed by atoms with E-state index in [4.69, 9.17) is 42.5 Å². The zero-order chi connectivity index (χ0) is 60.4. The maximum Gasteiger partial charge on any atom is 1.00 e. The second-order valence-corrected chi connectivity index (χ2v) is 22.2. The summed E-state index contributed by atoms with van der Waals surface area (Å²) in [5, 5.41) is 18.1. The fourth-order valence-corrected chi connectivity index (χ4v) is 11.4. The van der Waals surface area contributed by atoms with E-state index < -0.39 is 70.7 Å². The number of aromatic hydroxyl groups is 1. The summed E-state index contributed by atoms with van der Waals surface area (Å²) in [5.74, 6) is 24.2. The van der Waals surface area contributed by atoms with Crippen LogP contribution in [0, 0.1) is 83.2 Å². The number of hydrogen-bond acceptors (Lipinski definition) is 15. The molecule has 0 spiro atoms. The van der Waals surface area contributed by atoms with Crippen molar-refractivity contribution in [2.24, 2.45) is 33.3 Å². The van der Waals surface area contributed by atoms with Crippen LogP contribution in [0.2, 0.25) is 0 Å². The van der Waals surface area contributed by atoms with Crippen LogP contribution in [0.4, 0.5) is 26.3 Å². The van der Waals surface area contributed by atoms with Crippen LogP contribution in [0.25, 0.3) is 0 Å². The number of amidine groups is 2. The normalized spacial score (nSPS) is 20.8. The van der Waals surface area contributed by atoms with Gasteiger partial charge in [-0.3, -0.25) is 4.79 Å². The summed E-state index contributed by atoms with van der Waals surface area (Å²) in [4.78, 5) is 31.6. The molecule has 9 rings (SSSR count). The fraction of sp³-hybridized carbons (Fsp3) is 0.310. The number of benzene rings is 2. The first kappa shape index (κ1) is 76.6. The second-order valence-electron chi connectivity index (χ2n) is 17.1. The van der Waals surface area contributed by atoms with Crippen molar-refractivity contribution >= 4 is 88.1 Å². The van der Waals surface area contributed by atoms with Gasteiger partial charge >= 0.3 is 103 Å². The molecule has 432 valence electrons. The summed E-state index contributed by atoms with van der Waals surface area (Å²) in [7, 11) is 0. The van der Waals surface area contributed by atoms with E-state index in [0.29, 0.717) is 42.0 Å². The van der Waals surface area contributed by atoms with E-state index in [1.54, 1.807) is 44.3 Å². The number of carbonyl (C=O) groups excluding carboxylic acids is 1. The van der Waals surface area contributed by atoms with Crippen molar-refractivity contribution in [3.63, 3.8) is 0 Å². The fourth-order valence-electron chi connectivity index (χ4n) is 8.08. The van der Waals surface area contributed by atoms with E-state index in [1.165, 1.54) is 48.8 Å². The maximum atomic E-state index is 14.8. The van der Waals surface area contributed by atoms with E-state index in [9.17, 15) is 26.3 Å². The first-order valence-corrected chi connectivity index (χ1v) is 28.3. The molecule has 3 aromatic heterocycles. The molecule has 84 heavy (non-hydrogen) atoms. The molecule has 26 heteroatoms. The maximum absolute atomic E-state index is 14.8. The van der Waals surface area contributed by atoms with Gasteiger partial charge in [0.05, 0.1) is 33.4 Å². The van der Waals surface area contributed by atoms with Crippen molar-refractivity contribution in [2.45, 2.75) is 54.2 Å². The van der Waals surface area contributed by atoms with E-state index in [0.717, 1.165) is 43.8 Å². The number of carbonyl (C=O) groups is 1. The zero-order valence-electron chi connectivity index (χ0n) is 46.9. The zero-order valence-corrected chi connectivity index (χ0v) is 58.6. The van der Waals surface area contributed by atoms with Gasteiger partial charge in [-0.15, -0.1) is 24.2 Å². The summed E-state index contributed by atoms with van der Waals surface area (Å²) in [5.41, 5.74) is 10.1. The molecule has 0 amide bonds. The van der Waals surface area contributed by atoms with Gasteiger partial charge in [-0.25, -0.2) is 51.3 Å². The van der Waals surface area contributed by atoms with Gasteiger partial charge in [-0.1, -0.05) is 69.1 Å². The topological polar surface area (TPSA) is 203 Å². The molecule has 5 aromatic rings. The quantitative estimate of drug-likeness (QED) is 0.0244. The smallest absolute Gasteiger partial charge is 1.00 e. The minimum Gasteiger partial charge on any atom is -1.00 e. The van der Waals surface area contributed by atoms with Gasteiger partial charge < -0.3 is 37.6 Å². The molecule has 0 bridgehead atoms. The van der Waals surface area contributed by atoms with Crippen molar-refractivity contribution in [2.75, 3.05) is 45.2 Å². The number of halogens is 9. The van der Waals surface area contributed by atoms with Gasteiger partial charge in [0, 0.05) is 34.1 Å². The average Bonchev–Trinajstić information content (AvgIpc) is 1.65. The van der Waals surface area contributed by atoms with Crippen molar-refractivity contribution in [3.8, 4) is 77.0 Å². The minimum absolute atomic E-state index is 0. The van der Waals surface area contributed by atoms with Crippen molar-refractivity contribution in [1.82, 2.24) is 15.0 Å². The number of alkyl halides is 5. The number of terminal acetylenes is 1. The van der Waals surface area contributed by atoms with Gasteiger partial charge in [0.1, 0.15) is 94.8 Å². The van der Waals surface area contributed by atoms with Gasteiger partial charge in [-0.2, -0.15) is 0 Å². The molecule has 2 fully saturated rings. The third-order valence-corrected chi connectivity index (χ3v) is 15.8. The molecule has 5 heterocycles. The number of hydrogen-bond donors (Lipinski definition) is 3. The van der Waals surface area contributed by atoms with Crippen LogP contribution in [0.15, 0.2) is 111 Å². The second kappa shape index (κ2) is 38.7. The Morgan fingerprint density at radius 3 is 1.51 bits per heavy atom. The molecule has 0 unspecified atom stereocenters. The Labute approximate surface area is 604 Å². The van der Waals surface area contributed by atoms with Gasteiger partial charge in [-0.05, 0) is 144 Å². The number of pyridine rings is 3. The summed E-state index contributed by atoms with van der Waals surface area (Å²) >= 11 is 11.7. The molecule has 2 aliphatic heterocycles. The molecule has 6 atom stereocenters. The Morgan fingerprint density at radius 2 is 1.15 bits per heavy atom. The first-order chi connectivity index (χ1) is 39.4. The summed E-state index contributed by atoms with van der Waals surface area (Å²) in [6.07, 6.45) is 10.7. The molecule has 5 N–H and O–H groups in total. The Kier molecular flexibility index (Phi) is 35.2. The Hall–Kier alpha value is -3.55. The number of nitrogens with two attached hydrogens (primary N) is 2. The standard InChI is InChI=1S/C24H20F3N3OS.C15H13F3N2S.C9H8BrNO.C5H4BrNO.C4H5Br.CH2O3.2K.H/c1-2-3-10-31-18-8-7-17(29-13-18)6-4-16-5-9-20(27)19(11-16)24(15-26)21-12-23(21,14-25)32-22(28)30-24;1-2-9-3-4-11(18)10(5-9)15(8-17)12-6-14(12,7-16)21-13(19)20-15;1-2-3-6-12-8-4-5-9(10)11-7-8;6-5-2-1-4(8)3-7-5;1-2-3-4-5;2-1-4-3;;;/h5,7-9,11,13,21H,10,12,14-15H2,1H3,(H2,28,30);1,3-5,12H,6-8H2,(H2,19,20);4-5,7H,6H2,1H3;1-3,8H;4H2,1H3;1,3H;;;/q;;;;;;2*+1;-1/p-1/t21-,23-,24-;12-,14-,15-;;;;;;;/m11......./s1. The van der Waals surface area contributed by atoms with Crippen molar-refractivity contribution < 1.29 is 160 Å². The molecule has 2 saturated carbocycles. The van der Waals surface area contributed by atoms with Crippen LogP contribution in [0.3, 0.4) is 0 Å². The number of nitrogens with zero attached hydrogens (tertiary/aromatic N) is 5. The van der Waals surface area contributed by atoms with E-state index >= 15 is 0 Å². The predicted octanol–water partition coefficient (Wildman–Crippen LogP) is 4.49. The number of aliphatic imine (C=N–C) groups is 2. The van der Waals surface area contributed by atoms with Gasteiger partial charge in [0.2, 0.25) is 0 Å². The minimum atomic E-state index is -1.54. The number of aromatic nitrogens is 3. The van der Waals surface area contributed by atoms with E-state index in [2.05, 4.69) is 131 Å². The van der Waals surface area contributed by atoms with Gasteiger partial charge in [0.15, 0.2) is 10.3 Å².